The van der Waals surface area contributed by atoms with Crippen LogP contribution in [0.1, 0.15) is 23.7 Å². The Morgan fingerprint density at radius 2 is 1.88 bits per heavy atom. The maximum Gasteiger partial charge on any atom is 0.191 e. The van der Waals surface area contributed by atoms with Gasteiger partial charge in [0.1, 0.15) is 5.15 Å². The van der Waals surface area contributed by atoms with Crippen LogP contribution in [0.4, 0.5) is 0 Å². The zero-order chi connectivity index (χ0) is 17.5. The van der Waals surface area contributed by atoms with E-state index in [9.17, 15) is 5.11 Å². The summed E-state index contributed by atoms with van der Waals surface area (Å²) < 4.78 is 1.83. The van der Waals surface area contributed by atoms with E-state index >= 15 is 0 Å². The molecule has 0 radical (unpaired) electrons. The molecule has 0 fully saturated rings. The van der Waals surface area contributed by atoms with Gasteiger partial charge in [-0.3, -0.25) is 0 Å². The molecule has 0 aliphatic heterocycles. The lowest BCUT2D eigenvalue weighted by molar-refractivity contribution is 0.280. The lowest BCUT2D eigenvalue weighted by Crippen LogP contribution is -2.37. The number of nitrogens with one attached hydrogen (secondary N) is 2. The van der Waals surface area contributed by atoms with Gasteiger partial charge in [0.25, 0.3) is 0 Å². The number of aliphatic imine (C=N–C) groups is 1. The van der Waals surface area contributed by atoms with Crippen molar-refractivity contribution in [2.45, 2.75) is 26.6 Å². The summed E-state index contributed by atoms with van der Waals surface area (Å²) in [5.41, 5.74) is 2.85. The van der Waals surface area contributed by atoms with Gasteiger partial charge in [-0.1, -0.05) is 47.5 Å². The molecule has 25 heavy (non-hydrogen) atoms. The average molecular weight is 497 g/mol. The molecule has 0 amide bonds. The summed E-state index contributed by atoms with van der Waals surface area (Å²) in [6.07, 6.45) is 0. The molecule has 1 aromatic carbocycles. The van der Waals surface area contributed by atoms with Crippen LogP contribution in [0.15, 0.2) is 35.3 Å². The standard InChI is InChI=1S/C17H22Cl2N4O.HI/c1-3-20-17(21-9-12-6-4-5-7-13(12)11-24)22-10-14-8-15(18)16(19)23(14)2;/h4-8,24H,3,9-11H2,1-2H3,(H2,20,21,22);1H. The van der Waals surface area contributed by atoms with Gasteiger partial charge in [-0.05, 0) is 24.1 Å². The SMILES string of the molecule is CCNC(=NCc1ccccc1CO)NCc1cc(Cl)c(Cl)n1C.I. The van der Waals surface area contributed by atoms with Crippen molar-refractivity contribution in [1.29, 1.82) is 0 Å². The van der Waals surface area contributed by atoms with Crippen molar-refractivity contribution in [2.24, 2.45) is 12.0 Å². The second kappa shape index (κ2) is 10.9. The Hall–Kier alpha value is -0.960. The van der Waals surface area contributed by atoms with Gasteiger partial charge < -0.3 is 20.3 Å². The number of rotatable bonds is 6. The van der Waals surface area contributed by atoms with Crippen molar-refractivity contribution < 1.29 is 5.11 Å². The van der Waals surface area contributed by atoms with Crippen LogP contribution in [0.2, 0.25) is 10.2 Å². The Kier molecular flexibility index (Phi) is 9.63. The fourth-order valence-corrected chi connectivity index (χ4v) is 2.72. The van der Waals surface area contributed by atoms with E-state index < -0.39 is 0 Å². The van der Waals surface area contributed by atoms with Crippen molar-refractivity contribution in [3.05, 3.63) is 57.3 Å². The highest BCUT2D eigenvalue weighted by Crippen LogP contribution is 2.24. The van der Waals surface area contributed by atoms with E-state index in [1.807, 2.05) is 48.9 Å². The maximum absolute atomic E-state index is 9.39. The first-order chi connectivity index (χ1) is 11.6. The molecule has 1 heterocycles. The molecular formula is C17H23Cl2IN4O. The first-order valence-electron chi connectivity index (χ1n) is 7.76. The van der Waals surface area contributed by atoms with E-state index in [-0.39, 0.29) is 30.6 Å². The van der Waals surface area contributed by atoms with Crippen LogP contribution in [0.25, 0.3) is 0 Å². The molecule has 5 nitrogen and oxygen atoms in total. The number of hydrogen-bond donors (Lipinski definition) is 3. The monoisotopic (exact) mass is 496 g/mol. The summed E-state index contributed by atoms with van der Waals surface area (Å²) in [7, 11) is 1.87. The lowest BCUT2D eigenvalue weighted by Gasteiger charge is -2.12. The van der Waals surface area contributed by atoms with Crippen LogP contribution in [-0.4, -0.2) is 22.2 Å². The normalized spacial score (nSPS) is 11.2. The van der Waals surface area contributed by atoms with Gasteiger partial charge in [0.05, 0.1) is 24.7 Å². The van der Waals surface area contributed by atoms with Gasteiger partial charge in [-0.25, -0.2) is 4.99 Å². The zero-order valence-corrected chi connectivity index (χ0v) is 18.1. The zero-order valence-electron chi connectivity index (χ0n) is 14.2. The van der Waals surface area contributed by atoms with E-state index in [1.165, 1.54) is 0 Å². The highest BCUT2D eigenvalue weighted by Gasteiger charge is 2.09. The van der Waals surface area contributed by atoms with Gasteiger partial charge in [0.2, 0.25) is 0 Å². The van der Waals surface area contributed by atoms with Crippen LogP contribution in [0.5, 0.6) is 0 Å². The van der Waals surface area contributed by atoms with E-state index in [0.717, 1.165) is 23.4 Å². The predicted octanol–water partition coefficient (Wildman–Crippen LogP) is 3.70. The molecule has 0 unspecified atom stereocenters. The highest BCUT2D eigenvalue weighted by atomic mass is 127. The minimum atomic E-state index is 0. The molecule has 8 heteroatoms. The van der Waals surface area contributed by atoms with Crippen molar-refractivity contribution >= 4 is 53.1 Å². The molecule has 2 aromatic rings. The average Bonchev–Trinajstić information content (AvgIpc) is 2.84. The molecule has 0 saturated carbocycles. The predicted molar refractivity (Wildman–Crippen MR) is 115 cm³/mol. The summed E-state index contributed by atoms with van der Waals surface area (Å²) in [6, 6.07) is 9.56. The van der Waals surface area contributed by atoms with Crippen molar-refractivity contribution in [2.75, 3.05) is 6.54 Å². The Labute approximate surface area is 175 Å². The largest absolute Gasteiger partial charge is 0.392 e. The molecule has 0 spiro atoms. The molecule has 1 aromatic heterocycles. The Morgan fingerprint density at radius 3 is 2.44 bits per heavy atom. The number of aromatic nitrogens is 1. The summed E-state index contributed by atoms with van der Waals surface area (Å²) in [6.45, 7) is 3.81. The van der Waals surface area contributed by atoms with E-state index in [0.29, 0.717) is 29.2 Å². The molecular weight excluding hydrogens is 474 g/mol. The molecule has 2 rings (SSSR count). The second-order valence-corrected chi connectivity index (χ2v) is 6.07. The topological polar surface area (TPSA) is 61.6 Å². The number of halogens is 3. The van der Waals surface area contributed by atoms with Crippen LogP contribution in [0, 0.1) is 0 Å². The summed E-state index contributed by atoms with van der Waals surface area (Å²) in [5.74, 6) is 0.693. The number of benzene rings is 1. The van der Waals surface area contributed by atoms with Crippen LogP contribution in [0.3, 0.4) is 0 Å². The van der Waals surface area contributed by atoms with Crippen molar-refractivity contribution in [3.8, 4) is 0 Å². The fourth-order valence-electron chi connectivity index (χ4n) is 2.30. The Bertz CT molecular complexity index is 719. The van der Waals surface area contributed by atoms with Gasteiger partial charge >= 0.3 is 0 Å². The summed E-state index contributed by atoms with van der Waals surface area (Å²) >= 11 is 12.1. The number of aliphatic hydroxyl groups excluding tert-OH is 1. The summed E-state index contributed by atoms with van der Waals surface area (Å²) in [5, 5.41) is 16.9. The molecule has 138 valence electrons. The second-order valence-electron chi connectivity index (χ2n) is 5.31. The minimum absolute atomic E-state index is 0. The number of guanidine groups is 1. The number of hydrogen-bond acceptors (Lipinski definition) is 2. The third-order valence-electron chi connectivity index (χ3n) is 3.69. The van der Waals surface area contributed by atoms with Gasteiger partial charge in [0.15, 0.2) is 5.96 Å². The third-order valence-corrected chi connectivity index (χ3v) is 4.54. The maximum atomic E-state index is 9.39. The van der Waals surface area contributed by atoms with E-state index in [2.05, 4.69) is 15.6 Å². The number of nitrogens with zero attached hydrogens (tertiary/aromatic N) is 2. The molecule has 3 N–H and O–H groups in total. The smallest absolute Gasteiger partial charge is 0.191 e. The van der Waals surface area contributed by atoms with Crippen LogP contribution >= 0.6 is 47.2 Å². The first-order valence-corrected chi connectivity index (χ1v) is 8.51. The lowest BCUT2D eigenvalue weighted by atomic mass is 10.1. The Morgan fingerprint density at radius 1 is 1.20 bits per heavy atom. The quantitative estimate of drug-likeness (QED) is 0.324. The van der Waals surface area contributed by atoms with Gasteiger partial charge in [-0.2, -0.15) is 0 Å². The fraction of sp³-hybridized carbons (Fsp3) is 0.353. The molecule has 0 saturated heterocycles. The van der Waals surface area contributed by atoms with E-state index in [1.54, 1.807) is 0 Å². The first kappa shape index (κ1) is 22.1. The molecule has 0 aliphatic rings. The van der Waals surface area contributed by atoms with Crippen LogP contribution in [-0.2, 0) is 26.7 Å². The van der Waals surface area contributed by atoms with Gasteiger partial charge in [-0.15, -0.1) is 24.0 Å². The molecule has 0 atom stereocenters. The van der Waals surface area contributed by atoms with Gasteiger partial charge in [0, 0.05) is 19.3 Å². The van der Waals surface area contributed by atoms with Crippen molar-refractivity contribution in [3.63, 3.8) is 0 Å². The Balaban J connectivity index is 0.00000312. The molecule has 0 bridgehead atoms. The van der Waals surface area contributed by atoms with Crippen molar-refractivity contribution in [1.82, 2.24) is 15.2 Å². The summed E-state index contributed by atoms with van der Waals surface area (Å²) in [4.78, 5) is 4.57. The minimum Gasteiger partial charge on any atom is -0.392 e. The van der Waals surface area contributed by atoms with E-state index in [4.69, 9.17) is 23.2 Å². The van der Waals surface area contributed by atoms with Crippen LogP contribution < -0.4 is 10.6 Å². The number of aliphatic hydroxyl groups is 1. The highest BCUT2D eigenvalue weighted by molar-refractivity contribution is 14.0. The third kappa shape index (κ3) is 6.06. The molecule has 0 aliphatic carbocycles.